The van der Waals surface area contributed by atoms with Crippen LogP contribution in [0.1, 0.15) is 67.6 Å². The average Bonchev–Trinajstić information content (AvgIpc) is 3.32. The largest absolute Gasteiger partial charge is 0.354 e. The van der Waals surface area contributed by atoms with Crippen LogP contribution in [0.15, 0.2) is 42.6 Å². The van der Waals surface area contributed by atoms with Crippen LogP contribution in [0.4, 0.5) is 4.39 Å². The molecule has 12 heteroatoms. The van der Waals surface area contributed by atoms with Crippen LogP contribution in [0.25, 0.3) is 5.65 Å². The molecule has 4 amide bonds. The van der Waals surface area contributed by atoms with E-state index in [1.54, 1.807) is 6.07 Å². The Labute approximate surface area is 260 Å². The topological polar surface area (TPSA) is 116 Å². The van der Waals surface area contributed by atoms with Crippen molar-refractivity contribution in [3.05, 3.63) is 70.4 Å². The summed E-state index contributed by atoms with van der Waals surface area (Å²) < 4.78 is 16.4. The highest BCUT2D eigenvalue weighted by molar-refractivity contribution is 6.30. The van der Waals surface area contributed by atoms with E-state index in [0.29, 0.717) is 32.2 Å². The van der Waals surface area contributed by atoms with Gasteiger partial charge in [0.2, 0.25) is 23.7 Å². The van der Waals surface area contributed by atoms with E-state index >= 15 is 4.39 Å². The van der Waals surface area contributed by atoms with E-state index in [-0.39, 0.29) is 48.7 Å². The molecule has 0 saturated carbocycles. The van der Waals surface area contributed by atoms with E-state index in [4.69, 9.17) is 11.6 Å². The number of carbonyl (C=O) groups is 4. The summed E-state index contributed by atoms with van der Waals surface area (Å²) in [5.74, 6) is -2.57. The zero-order valence-electron chi connectivity index (χ0n) is 25.1. The second kappa shape index (κ2) is 13.3. The van der Waals surface area contributed by atoms with Crippen molar-refractivity contribution in [2.45, 2.75) is 57.9 Å². The van der Waals surface area contributed by atoms with Crippen LogP contribution in [0.5, 0.6) is 0 Å². The number of halogens is 2. The van der Waals surface area contributed by atoms with Gasteiger partial charge in [-0.1, -0.05) is 49.7 Å². The van der Waals surface area contributed by atoms with Crippen molar-refractivity contribution < 1.29 is 23.6 Å². The van der Waals surface area contributed by atoms with Gasteiger partial charge in [0.1, 0.15) is 17.7 Å². The Bertz CT molecular complexity index is 1580. The summed E-state index contributed by atoms with van der Waals surface area (Å²) in [6, 6.07) is 10.7. The zero-order valence-corrected chi connectivity index (χ0v) is 25.8. The Kier molecular flexibility index (Phi) is 9.53. The number of aromatic nitrogens is 2. The van der Waals surface area contributed by atoms with Crippen molar-refractivity contribution >= 4 is 40.9 Å². The minimum absolute atomic E-state index is 0.132. The maximum Gasteiger partial charge on any atom is 0.277 e. The van der Waals surface area contributed by atoms with Crippen LogP contribution in [0.2, 0.25) is 5.02 Å². The quantitative estimate of drug-likeness (QED) is 0.459. The summed E-state index contributed by atoms with van der Waals surface area (Å²) in [7, 11) is 0. The number of nitrogens with zero attached hydrogens (tertiary/aromatic N) is 4. The fourth-order valence-corrected chi connectivity index (χ4v) is 6.15. The number of fused-ring (bicyclic) bond motifs is 3. The van der Waals surface area contributed by atoms with Gasteiger partial charge in [-0.05, 0) is 67.7 Å². The number of imidazole rings is 1. The molecule has 2 N–H and O–H groups in total. The first-order valence-electron chi connectivity index (χ1n) is 15.2. The van der Waals surface area contributed by atoms with Crippen molar-refractivity contribution in [3.8, 4) is 0 Å². The Morgan fingerprint density at radius 2 is 1.89 bits per heavy atom. The van der Waals surface area contributed by atoms with Crippen LogP contribution in [0, 0.1) is 11.9 Å². The van der Waals surface area contributed by atoms with Gasteiger partial charge in [-0.25, -0.2) is 4.98 Å². The van der Waals surface area contributed by atoms with Gasteiger partial charge in [0, 0.05) is 25.8 Å². The first-order chi connectivity index (χ1) is 21.1. The Balaban J connectivity index is 1.44. The molecule has 0 bridgehead atoms. The van der Waals surface area contributed by atoms with Gasteiger partial charge >= 0.3 is 0 Å². The van der Waals surface area contributed by atoms with Gasteiger partial charge in [0.05, 0.1) is 11.6 Å². The number of nitrogens with one attached hydrogen (secondary N) is 2. The standard InChI is InChI=1S/C32H38ClFN6O4/c1-21(2)13-17-38-19-26(41)37-32(14-7-9-22-8-3-4-10-24(22)32)31(44)35-15-5-6-16-39(20-27(38)42)30(43)28-29(34)40-18-23(33)11-12-25(40)36-28/h3-4,8,10-12,18,21H,5-7,9,13-17,19-20H2,1-2H3,(H,35,44)(H,37,41). The van der Waals surface area contributed by atoms with Gasteiger partial charge in [-0.15, -0.1) is 0 Å². The molecule has 234 valence electrons. The normalized spacial score (nSPS) is 20.4. The lowest BCUT2D eigenvalue weighted by Gasteiger charge is -2.39. The SMILES string of the molecule is CC(C)CCN1CC(=O)NC2(CCCc3ccccc32)C(=O)NCCCCN(C(=O)c2nc3ccc(Cl)cn3c2F)CC1=O. The first kappa shape index (κ1) is 31.4. The molecule has 2 aliphatic rings. The van der Waals surface area contributed by atoms with Crippen LogP contribution < -0.4 is 10.6 Å². The van der Waals surface area contributed by atoms with Gasteiger partial charge in [0.25, 0.3) is 5.91 Å². The number of carbonyl (C=O) groups excluding carboxylic acids is 4. The zero-order chi connectivity index (χ0) is 31.4. The highest BCUT2D eigenvalue weighted by atomic mass is 35.5. The average molecular weight is 625 g/mol. The van der Waals surface area contributed by atoms with E-state index < -0.39 is 34.9 Å². The number of hydrogen-bond acceptors (Lipinski definition) is 5. The summed E-state index contributed by atoms with van der Waals surface area (Å²) in [5, 5.41) is 6.30. The molecule has 3 aromatic rings. The van der Waals surface area contributed by atoms with E-state index in [2.05, 4.69) is 15.6 Å². The Morgan fingerprint density at radius 3 is 2.68 bits per heavy atom. The molecular formula is C32H38ClFN6O4. The van der Waals surface area contributed by atoms with Crippen LogP contribution in [-0.2, 0) is 26.3 Å². The monoisotopic (exact) mass is 624 g/mol. The summed E-state index contributed by atoms with van der Waals surface area (Å²) in [6.07, 6.45) is 4.88. The van der Waals surface area contributed by atoms with E-state index in [0.717, 1.165) is 28.4 Å². The Hall–Kier alpha value is -3.99. The molecule has 1 aliphatic carbocycles. The third kappa shape index (κ3) is 6.57. The molecule has 1 unspecified atom stereocenters. The number of aryl methyl sites for hydroxylation is 1. The molecular weight excluding hydrogens is 587 g/mol. The van der Waals surface area contributed by atoms with E-state index in [1.807, 2.05) is 38.1 Å². The third-order valence-corrected chi connectivity index (χ3v) is 8.58. The van der Waals surface area contributed by atoms with E-state index in [1.165, 1.54) is 22.1 Å². The van der Waals surface area contributed by atoms with Crippen LogP contribution in [-0.4, -0.2) is 75.5 Å². The van der Waals surface area contributed by atoms with Gasteiger partial charge in [-0.2, -0.15) is 4.39 Å². The highest BCUT2D eigenvalue weighted by Gasteiger charge is 2.45. The van der Waals surface area contributed by atoms with Crippen LogP contribution >= 0.6 is 11.6 Å². The molecule has 5 rings (SSSR count). The summed E-state index contributed by atoms with van der Waals surface area (Å²) in [5.41, 5.74) is 0.336. The smallest absolute Gasteiger partial charge is 0.277 e. The number of pyridine rings is 1. The molecule has 0 radical (unpaired) electrons. The minimum atomic E-state index is -1.24. The lowest BCUT2D eigenvalue weighted by Crippen LogP contribution is -2.60. The molecule has 1 aromatic carbocycles. The minimum Gasteiger partial charge on any atom is -0.354 e. The second-order valence-electron chi connectivity index (χ2n) is 12.0. The molecule has 2 aromatic heterocycles. The third-order valence-electron chi connectivity index (χ3n) is 8.36. The lowest BCUT2D eigenvalue weighted by molar-refractivity contribution is -0.139. The van der Waals surface area contributed by atoms with Crippen molar-refractivity contribution in [1.29, 1.82) is 0 Å². The van der Waals surface area contributed by atoms with Gasteiger partial charge in [-0.3, -0.25) is 23.6 Å². The fraction of sp³-hybridized carbons (Fsp3) is 0.469. The van der Waals surface area contributed by atoms with Gasteiger partial charge < -0.3 is 20.4 Å². The predicted octanol–water partition coefficient (Wildman–Crippen LogP) is 3.70. The first-order valence-corrected chi connectivity index (χ1v) is 15.5. The maximum atomic E-state index is 15.3. The number of benzene rings is 1. The van der Waals surface area contributed by atoms with Crippen molar-refractivity contribution in [2.75, 3.05) is 32.7 Å². The van der Waals surface area contributed by atoms with Gasteiger partial charge in [0.15, 0.2) is 5.69 Å². The number of hydrogen-bond donors (Lipinski definition) is 2. The summed E-state index contributed by atoms with van der Waals surface area (Å²) in [6.45, 7) is 4.11. The van der Waals surface area contributed by atoms with Crippen molar-refractivity contribution in [3.63, 3.8) is 0 Å². The number of amides is 4. The van der Waals surface area contributed by atoms with Crippen molar-refractivity contribution in [2.24, 2.45) is 5.92 Å². The highest BCUT2D eigenvalue weighted by Crippen LogP contribution is 2.36. The molecule has 10 nitrogen and oxygen atoms in total. The summed E-state index contributed by atoms with van der Waals surface area (Å²) in [4.78, 5) is 61.7. The molecule has 1 fully saturated rings. The molecule has 1 spiro atoms. The number of rotatable bonds is 4. The molecule has 1 saturated heterocycles. The predicted molar refractivity (Wildman–Crippen MR) is 164 cm³/mol. The van der Waals surface area contributed by atoms with Crippen LogP contribution in [0.3, 0.4) is 0 Å². The molecule has 1 aliphatic heterocycles. The molecule has 44 heavy (non-hydrogen) atoms. The molecule has 1 atom stereocenters. The maximum absolute atomic E-state index is 15.3. The van der Waals surface area contributed by atoms with Crippen molar-refractivity contribution in [1.82, 2.24) is 29.8 Å². The summed E-state index contributed by atoms with van der Waals surface area (Å²) >= 11 is 6.01. The Morgan fingerprint density at radius 1 is 1.09 bits per heavy atom. The second-order valence-corrected chi connectivity index (χ2v) is 12.4. The van der Waals surface area contributed by atoms with E-state index in [9.17, 15) is 19.2 Å². The molecule has 3 heterocycles. The lowest BCUT2D eigenvalue weighted by atomic mass is 9.75. The fourth-order valence-electron chi connectivity index (χ4n) is 5.98.